The number of imidazole rings is 1. The van der Waals surface area contributed by atoms with Crippen molar-refractivity contribution >= 4 is 79.8 Å². The van der Waals surface area contributed by atoms with Crippen LogP contribution in [0.3, 0.4) is 0 Å². The number of benzene rings is 3. The van der Waals surface area contributed by atoms with Crippen LogP contribution in [-0.2, 0) is 18.9 Å². The van der Waals surface area contributed by atoms with Gasteiger partial charge in [-0.15, -0.1) is 11.6 Å². The van der Waals surface area contributed by atoms with E-state index in [0.717, 1.165) is 10.9 Å². The monoisotopic (exact) mass is 678 g/mol. The van der Waals surface area contributed by atoms with Crippen molar-refractivity contribution in [1.29, 1.82) is 0 Å². The Bertz CT molecular complexity index is 2340. The Hall–Kier alpha value is -6.08. The summed E-state index contributed by atoms with van der Waals surface area (Å²) in [7, 11) is 3.31. The van der Waals surface area contributed by atoms with E-state index >= 15 is 0 Å². The number of aromatic hydroxyl groups is 1. The predicted octanol–water partition coefficient (Wildman–Crippen LogP) is 5.54. The van der Waals surface area contributed by atoms with E-state index in [1.165, 1.54) is 23.8 Å². The Balaban J connectivity index is 1.08. The summed E-state index contributed by atoms with van der Waals surface area (Å²) < 4.78 is 3.06. The maximum absolute atomic E-state index is 13.8. The zero-order chi connectivity index (χ0) is 34.6. The minimum atomic E-state index is -0.506. The Morgan fingerprint density at radius 3 is 2.45 bits per heavy atom. The van der Waals surface area contributed by atoms with Gasteiger partial charge in [-0.25, -0.2) is 4.98 Å². The normalized spacial score (nSPS) is 13.9. The number of aromatic amines is 1. The van der Waals surface area contributed by atoms with Crippen LogP contribution in [0.15, 0.2) is 73.1 Å². The Labute approximate surface area is 284 Å². The van der Waals surface area contributed by atoms with E-state index in [4.69, 9.17) is 11.6 Å². The second kappa shape index (κ2) is 12.2. The van der Waals surface area contributed by atoms with Gasteiger partial charge in [0.05, 0.1) is 11.4 Å². The summed E-state index contributed by atoms with van der Waals surface area (Å²) in [5.41, 5.74) is 3.85. The molecule has 0 radical (unpaired) electrons. The molecule has 3 aromatic heterocycles. The second-order valence-electron chi connectivity index (χ2n) is 12.0. The molecule has 248 valence electrons. The lowest BCUT2D eigenvalue weighted by molar-refractivity contribution is -0.114. The summed E-state index contributed by atoms with van der Waals surface area (Å²) in [4.78, 5) is 60.5. The van der Waals surface area contributed by atoms with Crippen molar-refractivity contribution < 1.29 is 24.3 Å². The Morgan fingerprint density at radius 2 is 1.69 bits per heavy atom. The lowest BCUT2D eigenvalue weighted by Gasteiger charge is -2.17. The van der Waals surface area contributed by atoms with Gasteiger partial charge in [-0.3, -0.25) is 19.2 Å². The van der Waals surface area contributed by atoms with Crippen molar-refractivity contribution in [3.05, 3.63) is 95.8 Å². The minimum Gasteiger partial charge on any atom is -0.507 e. The number of hydrogen-bond acceptors (Lipinski definition) is 6. The third-order valence-corrected chi connectivity index (χ3v) is 8.94. The van der Waals surface area contributed by atoms with Gasteiger partial charge < -0.3 is 40.1 Å². The standard InChI is InChI=1S/C35H31ClN8O5/c1-18(45)37-22-12-28(42(2)16-22)33(47)41-30-17-43(3)32(40-30)34(48)38-21-8-9-25-19(10-21)11-26(39-25)35(49)44-15-20(14-36)31-24-7-5-4-6-23(24)29(46)13-27(31)44/h4-13,16-17,20,39,46H,14-15H2,1-3H3,(H,37,45)(H,38,48)(H,41,47)/t20-/m1/s1. The lowest BCUT2D eigenvalue weighted by atomic mass is 9.95. The first kappa shape index (κ1) is 31.5. The number of H-pyrrole nitrogens is 1. The molecule has 0 unspecified atom stereocenters. The van der Waals surface area contributed by atoms with Crippen molar-refractivity contribution in [3.63, 3.8) is 0 Å². The topological polar surface area (TPSA) is 166 Å². The molecule has 4 amide bonds. The van der Waals surface area contributed by atoms with Crippen LogP contribution < -0.4 is 20.9 Å². The number of hydrogen-bond donors (Lipinski definition) is 5. The highest BCUT2D eigenvalue weighted by Gasteiger charge is 2.35. The zero-order valence-corrected chi connectivity index (χ0v) is 27.4. The number of nitrogens with one attached hydrogen (secondary N) is 4. The Morgan fingerprint density at radius 1 is 0.918 bits per heavy atom. The van der Waals surface area contributed by atoms with Crippen molar-refractivity contribution in [2.45, 2.75) is 12.8 Å². The van der Waals surface area contributed by atoms with Crippen LogP contribution in [0.4, 0.5) is 22.9 Å². The summed E-state index contributed by atoms with van der Waals surface area (Å²) in [6.45, 7) is 1.75. The summed E-state index contributed by atoms with van der Waals surface area (Å²) in [6.07, 6.45) is 3.13. The van der Waals surface area contributed by atoms with Crippen LogP contribution in [0, 0.1) is 0 Å². The molecule has 0 spiro atoms. The molecule has 0 saturated carbocycles. The van der Waals surface area contributed by atoms with Crippen LogP contribution in [0.1, 0.15) is 50.0 Å². The van der Waals surface area contributed by atoms with Gasteiger partial charge in [0.2, 0.25) is 11.7 Å². The van der Waals surface area contributed by atoms with E-state index in [2.05, 4.69) is 25.9 Å². The molecule has 3 aromatic carbocycles. The average molecular weight is 679 g/mol. The molecule has 7 rings (SSSR count). The fourth-order valence-electron chi connectivity index (χ4n) is 6.38. The largest absolute Gasteiger partial charge is 0.507 e. The number of carbonyl (C=O) groups excluding carboxylic acids is 4. The fourth-order valence-corrected chi connectivity index (χ4v) is 6.63. The first-order chi connectivity index (χ1) is 23.5. The first-order valence-corrected chi connectivity index (χ1v) is 15.9. The first-order valence-electron chi connectivity index (χ1n) is 15.4. The van der Waals surface area contributed by atoms with Gasteiger partial charge in [-0.05, 0) is 41.3 Å². The van der Waals surface area contributed by atoms with Crippen molar-refractivity contribution in [2.75, 3.05) is 33.3 Å². The molecule has 5 N–H and O–H groups in total. The highest BCUT2D eigenvalue weighted by Crippen LogP contribution is 2.45. The van der Waals surface area contributed by atoms with Crippen molar-refractivity contribution in [1.82, 2.24) is 19.1 Å². The van der Waals surface area contributed by atoms with E-state index < -0.39 is 11.8 Å². The number of nitrogens with zero attached hydrogens (tertiary/aromatic N) is 4. The van der Waals surface area contributed by atoms with Gasteiger partial charge in [0, 0.05) is 79.8 Å². The molecule has 0 fully saturated rings. The molecule has 4 heterocycles. The average Bonchev–Trinajstić information content (AvgIpc) is 3.84. The van der Waals surface area contributed by atoms with E-state index in [1.807, 2.05) is 24.3 Å². The van der Waals surface area contributed by atoms with Crippen molar-refractivity contribution in [3.8, 4) is 5.75 Å². The maximum atomic E-state index is 13.8. The number of alkyl halides is 1. The van der Waals surface area contributed by atoms with E-state index in [1.54, 1.807) is 60.1 Å². The molecule has 1 atom stereocenters. The van der Waals surface area contributed by atoms with Crippen LogP contribution in [-0.4, -0.2) is 60.3 Å². The molecule has 1 aliphatic heterocycles. The van der Waals surface area contributed by atoms with E-state index in [0.29, 0.717) is 51.5 Å². The number of carbonyl (C=O) groups is 4. The highest BCUT2D eigenvalue weighted by molar-refractivity contribution is 6.19. The zero-order valence-electron chi connectivity index (χ0n) is 26.7. The summed E-state index contributed by atoms with van der Waals surface area (Å²) in [5, 5.41) is 21.2. The maximum Gasteiger partial charge on any atom is 0.291 e. The third kappa shape index (κ3) is 5.74. The van der Waals surface area contributed by atoms with Crippen LogP contribution in [0.5, 0.6) is 5.75 Å². The number of phenolic OH excluding ortho intramolecular Hbond substituents is 1. The van der Waals surface area contributed by atoms with Crippen LogP contribution in [0.25, 0.3) is 21.7 Å². The predicted molar refractivity (Wildman–Crippen MR) is 188 cm³/mol. The molecule has 14 heteroatoms. The van der Waals surface area contributed by atoms with Gasteiger partial charge >= 0.3 is 0 Å². The van der Waals surface area contributed by atoms with Gasteiger partial charge in [-0.2, -0.15) is 0 Å². The van der Waals surface area contributed by atoms with Gasteiger partial charge in [0.25, 0.3) is 17.7 Å². The SMILES string of the molecule is CC(=O)Nc1cc(C(=O)Nc2cn(C)c(C(=O)Nc3ccc4[nH]c(C(=O)N5C[C@@H](CCl)c6c5cc(O)c5ccccc65)cc4c3)n2)n(C)c1. The number of anilines is 4. The van der Waals surface area contributed by atoms with Crippen LogP contribution >= 0.6 is 11.6 Å². The fraction of sp³-hybridized carbons (Fsp3) is 0.171. The number of amides is 4. The smallest absolute Gasteiger partial charge is 0.291 e. The molecular weight excluding hydrogens is 648 g/mol. The lowest BCUT2D eigenvalue weighted by Crippen LogP contribution is -2.30. The number of aromatic nitrogens is 4. The molecule has 13 nitrogen and oxygen atoms in total. The second-order valence-corrected chi connectivity index (χ2v) is 12.3. The molecule has 0 aliphatic carbocycles. The molecule has 49 heavy (non-hydrogen) atoms. The molecule has 1 aliphatic rings. The van der Waals surface area contributed by atoms with E-state index in [-0.39, 0.29) is 40.8 Å². The molecule has 6 aromatic rings. The number of halogens is 1. The van der Waals surface area contributed by atoms with Gasteiger partial charge in [0.1, 0.15) is 17.1 Å². The third-order valence-electron chi connectivity index (χ3n) is 8.56. The number of phenols is 1. The summed E-state index contributed by atoms with van der Waals surface area (Å²) in [5.74, 6) is -0.954. The number of rotatable bonds is 7. The minimum absolute atomic E-state index is 0.0588. The molecular formula is C35H31ClN8O5. The summed E-state index contributed by atoms with van der Waals surface area (Å²) >= 11 is 6.36. The van der Waals surface area contributed by atoms with Gasteiger partial charge in [0.15, 0.2) is 5.82 Å². The molecule has 0 bridgehead atoms. The Kier molecular flexibility index (Phi) is 7.83. The molecule has 0 saturated heterocycles. The number of aryl methyl sites for hydroxylation is 2. The quantitative estimate of drug-likeness (QED) is 0.139. The van der Waals surface area contributed by atoms with Crippen LogP contribution in [0.2, 0.25) is 0 Å². The van der Waals surface area contributed by atoms with Crippen molar-refractivity contribution in [2.24, 2.45) is 14.1 Å². The highest BCUT2D eigenvalue weighted by atomic mass is 35.5. The van der Waals surface area contributed by atoms with E-state index in [9.17, 15) is 24.3 Å². The van der Waals surface area contributed by atoms with Gasteiger partial charge in [-0.1, -0.05) is 24.3 Å². The summed E-state index contributed by atoms with van der Waals surface area (Å²) in [6, 6.07) is 17.6. The number of fused-ring (bicyclic) bond motifs is 4.